The molecule has 18 heteroatoms. The smallest absolute Gasteiger partial charge is 0.253 e. The molecule has 0 radical (unpaired) electrons. The van der Waals surface area contributed by atoms with Crippen LogP contribution in [0.4, 0.5) is 0 Å². The molecule has 17 nitrogen and oxygen atoms in total. The van der Waals surface area contributed by atoms with E-state index in [4.69, 9.17) is 19.9 Å². The molecular weight excluding hydrogens is 744 g/mol. The van der Waals surface area contributed by atoms with Gasteiger partial charge in [0.2, 0.25) is 11.7 Å². The third-order valence-electron chi connectivity index (χ3n) is 10.3. The number of aromatic hydroxyl groups is 2. The number of ketones is 2. The van der Waals surface area contributed by atoms with E-state index in [2.05, 4.69) is 10.5 Å². The zero-order valence-electron chi connectivity index (χ0n) is 30.0. The number of aliphatic hydroxyl groups excluding tert-OH is 2. The Bertz CT molecular complexity index is 1940. The standard InChI is InChI=1S/C37H42N4O13.ClH/c1-17-32(46)20(38)13-27(53-17)54-22-15-37(51,23(16-42)39-40-24(43)9-4-3-5-12-41-25(44)10-11-26(41)45)14-19-29(22)36(50)31-30(34(19)48)33(47)18-7-6-8-21(52-2)28(18)35(31)49;/h6-8,10-11,17,20,22,27,32,42,46,48,50-51H,3-5,9,12-16,38H2,1-2H3,(H,40,43);1H. The number of halogens is 1. The lowest BCUT2D eigenvalue weighted by molar-refractivity contribution is -0.245. The van der Waals surface area contributed by atoms with Crippen molar-refractivity contribution >= 4 is 47.4 Å². The number of fused-ring (bicyclic) bond motifs is 3. The van der Waals surface area contributed by atoms with Crippen LogP contribution in [0.2, 0.25) is 0 Å². The van der Waals surface area contributed by atoms with Crippen LogP contribution in [-0.2, 0) is 30.3 Å². The molecule has 55 heavy (non-hydrogen) atoms. The summed E-state index contributed by atoms with van der Waals surface area (Å²) in [5.74, 6) is -4.25. The van der Waals surface area contributed by atoms with Crippen molar-refractivity contribution in [2.45, 2.75) is 88.1 Å². The maximum atomic E-state index is 14.0. The topological polar surface area (TPSA) is 268 Å². The van der Waals surface area contributed by atoms with E-state index in [1.807, 2.05) is 0 Å². The Hall–Kier alpha value is -4.75. The Morgan fingerprint density at radius 3 is 2.40 bits per heavy atom. The molecule has 2 aromatic rings. The molecule has 4 aliphatic rings. The first-order valence-corrected chi connectivity index (χ1v) is 17.5. The molecule has 6 rings (SSSR count). The van der Waals surface area contributed by atoms with E-state index >= 15 is 0 Å². The number of unbranched alkanes of at least 4 members (excludes halogenated alkanes) is 2. The molecule has 2 aliphatic heterocycles. The van der Waals surface area contributed by atoms with Gasteiger partial charge in [-0.1, -0.05) is 18.6 Å². The number of amides is 3. The summed E-state index contributed by atoms with van der Waals surface area (Å²) in [6.07, 6.45) is -1.56. The molecule has 0 spiro atoms. The molecule has 2 aromatic carbocycles. The van der Waals surface area contributed by atoms with Crippen LogP contribution in [0.15, 0.2) is 35.5 Å². The van der Waals surface area contributed by atoms with E-state index in [0.717, 1.165) is 4.90 Å². The Balaban J connectivity index is 0.00000580. The van der Waals surface area contributed by atoms with Gasteiger partial charge in [-0.05, 0) is 25.8 Å². The molecule has 2 aliphatic carbocycles. The van der Waals surface area contributed by atoms with Gasteiger partial charge in [-0.2, -0.15) is 5.10 Å². The summed E-state index contributed by atoms with van der Waals surface area (Å²) in [6, 6.07) is 3.57. The van der Waals surface area contributed by atoms with Crippen LogP contribution in [0.1, 0.15) is 94.5 Å². The number of hydrogen-bond acceptors (Lipinski definition) is 15. The fraction of sp³-hybridized carbons (Fsp3) is 0.459. The van der Waals surface area contributed by atoms with Crippen molar-refractivity contribution in [3.05, 3.63) is 63.7 Å². The van der Waals surface area contributed by atoms with Crippen molar-refractivity contribution in [3.8, 4) is 17.2 Å². The third kappa shape index (κ3) is 7.73. The highest BCUT2D eigenvalue weighted by molar-refractivity contribution is 6.31. The second-order valence-electron chi connectivity index (χ2n) is 13.8. The first-order chi connectivity index (χ1) is 25.7. The summed E-state index contributed by atoms with van der Waals surface area (Å²) in [6.45, 7) is 0.910. The number of carbonyl (C=O) groups is 5. The number of nitrogens with two attached hydrogens (primary N) is 1. The van der Waals surface area contributed by atoms with Gasteiger partial charge in [-0.3, -0.25) is 28.9 Å². The Labute approximate surface area is 321 Å². The van der Waals surface area contributed by atoms with E-state index in [-0.39, 0.29) is 65.5 Å². The Kier molecular flexibility index (Phi) is 12.5. The van der Waals surface area contributed by atoms with Gasteiger partial charge in [0.25, 0.3) is 11.8 Å². The highest BCUT2D eigenvalue weighted by Crippen LogP contribution is 2.52. The van der Waals surface area contributed by atoms with Crippen LogP contribution >= 0.6 is 12.4 Å². The van der Waals surface area contributed by atoms with Crippen LogP contribution in [0.5, 0.6) is 17.2 Å². The number of methoxy groups -OCH3 is 1. The van der Waals surface area contributed by atoms with E-state index in [9.17, 15) is 49.5 Å². The molecule has 1 fully saturated rings. The van der Waals surface area contributed by atoms with Crippen LogP contribution in [0.3, 0.4) is 0 Å². The van der Waals surface area contributed by atoms with Gasteiger partial charge in [0.15, 0.2) is 12.1 Å². The number of aliphatic hydroxyl groups is 3. The number of nitrogens with zero attached hydrogens (tertiary/aromatic N) is 2. The quantitative estimate of drug-likeness (QED) is 0.0441. The number of hydrazone groups is 1. The molecule has 8 N–H and O–H groups in total. The molecule has 0 saturated carbocycles. The van der Waals surface area contributed by atoms with Gasteiger partial charge >= 0.3 is 0 Å². The van der Waals surface area contributed by atoms with Gasteiger partial charge in [0, 0.05) is 67.1 Å². The van der Waals surface area contributed by atoms with E-state index in [0.29, 0.717) is 19.3 Å². The third-order valence-corrected chi connectivity index (χ3v) is 10.3. The first kappa shape index (κ1) is 41.4. The zero-order chi connectivity index (χ0) is 39.1. The lowest BCUT2D eigenvalue weighted by Crippen LogP contribution is -2.53. The minimum atomic E-state index is -2.16. The highest BCUT2D eigenvalue weighted by Gasteiger charge is 2.49. The second kappa shape index (κ2) is 16.5. The SMILES string of the molecule is COc1cccc2c1C(=O)c1c(O)c3c(c(O)c1C2=O)CC(O)(C(CO)=NNC(=O)CCCCCN1C(=O)C=CC1=O)CC3OC1CC(N)C(O)C(C)O1.Cl. The number of carbonyl (C=O) groups excluding carboxylic acids is 5. The monoisotopic (exact) mass is 786 g/mol. The predicted molar refractivity (Wildman–Crippen MR) is 194 cm³/mol. The van der Waals surface area contributed by atoms with E-state index < -0.39 is 108 Å². The maximum Gasteiger partial charge on any atom is 0.253 e. The number of hydrogen-bond donors (Lipinski definition) is 7. The molecule has 0 bridgehead atoms. The summed E-state index contributed by atoms with van der Waals surface area (Å²) < 4.78 is 17.4. The van der Waals surface area contributed by atoms with Gasteiger partial charge in [-0.25, -0.2) is 5.43 Å². The average molecular weight is 787 g/mol. The van der Waals surface area contributed by atoms with Gasteiger partial charge in [0.1, 0.15) is 22.8 Å². The van der Waals surface area contributed by atoms with Crippen molar-refractivity contribution in [1.29, 1.82) is 0 Å². The van der Waals surface area contributed by atoms with Crippen molar-refractivity contribution in [1.82, 2.24) is 10.3 Å². The minimum Gasteiger partial charge on any atom is -0.507 e. The largest absolute Gasteiger partial charge is 0.507 e. The predicted octanol–water partition coefficient (Wildman–Crippen LogP) is 0.812. The maximum absolute atomic E-state index is 14.0. The number of phenolic OH excluding ortho intramolecular Hbond substituents is 2. The number of nitrogens with one attached hydrogen (secondary N) is 1. The van der Waals surface area contributed by atoms with Crippen molar-refractivity contribution < 1.29 is 63.7 Å². The summed E-state index contributed by atoms with van der Waals surface area (Å²) in [4.78, 5) is 65.1. The summed E-state index contributed by atoms with van der Waals surface area (Å²) in [5.41, 5.74) is 4.46. The van der Waals surface area contributed by atoms with Gasteiger partial charge in [0.05, 0.1) is 54.4 Å². The average Bonchev–Trinajstić information content (AvgIpc) is 3.46. The summed E-state index contributed by atoms with van der Waals surface area (Å²) >= 11 is 0. The van der Waals surface area contributed by atoms with Crippen LogP contribution in [0.25, 0.3) is 0 Å². The number of imide groups is 1. The van der Waals surface area contributed by atoms with E-state index in [1.54, 1.807) is 6.92 Å². The number of rotatable bonds is 12. The van der Waals surface area contributed by atoms with E-state index in [1.165, 1.54) is 37.5 Å². The highest BCUT2D eigenvalue weighted by atomic mass is 35.5. The van der Waals surface area contributed by atoms with Gasteiger partial charge < -0.3 is 45.5 Å². The molecule has 1 saturated heterocycles. The minimum absolute atomic E-state index is 0. The van der Waals surface area contributed by atoms with Crippen molar-refractivity contribution in [2.24, 2.45) is 10.8 Å². The fourth-order valence-electron chi connectivity index (χ4n) is 7.47. The van der Waals surface area contributed by atoms with Gasteiger partial charge in [-0.15, -0.1) is 12.4 Å². The molecular formula is C37H43ClN4O13. The fourth-order valence-corrected chi connectivity index (χ4v) is 7.47. The molecule has 2 heterocycles. The van der Waals surface area contributed by atoms with Crippen LogP contribution < -0.4 is 15.9 Å². The van der Waals surface area contributed by atoms with Crippen LogP contribution in [-0.4, -0.2) is 116 Å². The summed E-state index contributed by atoms with van der Waals surface area (Å²) in [5, 5.41) is 60.5. The normalized spacial score (nSPS) is 26.0. The number of ether oxygens (including phenoxy) is 3. The summed E-state index contributed by atoms with van der Waals surface area (Å²) in [7, 11) is 1.32. The second-order valence-corrected chi connectivity index (χ2v) is 13.8. The van der Waals surface area contributed by atoms with Crippen molar-refractivity contribution in [3.63, 3.8) is 0 Å². The molecule has 6 unspecified atom stereocenters. The first-order valence-electron chi connectivity index (χ1n) is 17.5. The molecule has 0 aromatic heterocycles. The molecule has 3 amide bonds. The molecule has 296 valence electrons. The molecule has 6 atom stereocenters. The lowest BCUT2D eigenvalue weighted by atomic mass is 9.71. The Morgan fingerprint density at radius 2 is 1.75 bits per heavy atom. The van der Waals surface area contributed by atoms with Crippen LogP contribution in [0, 0.1) is 0 Å². The Morgan fingerprint density at radius 1 is 1.05 bits per heavy atom. The zero-order valence-corrected chi connectivity index (χ0v) is 30.8. The lowest BCUT2D eigenvalue weighted by Gasteiger charge is -2.43. The van der Waals surface area contributed by atoms with Crippen molar-refractivity contribution in [2.75, 3.05) is 20.3 Å². The number of benzene rings is 2. The number of phenols is 2.